The van der Waals surface area contributed by atoms with Gasteiger partial charge in [-0.25, -0.2) is 4.79 Å². The lowest BCUT2D eigenvalue weighted by Crippen LogP contribution is -2.32. The summed E-state index contributed by atoms with van der Waals surface area (Å²) in [5.74, 6) is -0.825. The van der Waals surface area contributed by atoms with Crippen LogP contribution in [0.3, 0.4) is 0 Å². The molecule has 9 heteroatoms. The molecule has 0 aliphatic carbocycles. The van der Waals surface area contributed by atoms with Crippen LogP contribution in [0, 0.1) is 4.77 Å². The summed E-state index contributed by atoms with van der Waals surface area (Å²) in [7, 11) is 1.28. The number of methoxy groups -OCH3 is 1. The van der Waals surface area contributed by atoms with Crippen molar-refractivity contribution >= 4 is 46.3 Å². The Kier molecular flexibility index (Phi) is 5.29. The number of hydrogen-bond donors (Lipinski definition) is 2. The third-order valence-corrected chi connectivity index (χ3v) is 4.94. The second-order valence-corrected chi connectivity index (χ2v) is 6.85. The summed E-state index contributed by atoms with van der Waals surface area (Å²) < 4.78 is 5.97. The number of carbonyl (C=O) groups is 2. The molecule has 134 valence electrons. The number of nitrogens with zero attached hydrogens (tertiary/aromatic N) is 1. The van der Waals surface area contributed by atoms with Gasteiger partial charge < -0.3 is 15.0 Å². The maximum atomic E-state index is 12.7. The van der Waals surface area contributed by atoms with Crippen molar-refractivity contribution < 1.29 is 14.3 Å². The Morgan fingerprint density at radius 2 is 2.15 bits per heavy atom. The van der Waals surface area contributed by atoms with Crippen LogP contribution < -0.4 is 10.9 Å². The van der Waals surface area contributed by atoms with Crippen molar-refractivity contribution in [3.63, 3.8) is 0 Å². The third kappa shape index (κ3) is 3.73. The Morgan fingerprint density at radius 3 is 2.85 bits per heavy atom. The average Bonchev–Trinajstić information content (AvgIpc) is 3.16. The van der Waals surface area contributed by atoms with Gasteiger partial charge in [0.2, 0.25) is 5.91 Å². The molecule has 3 rings (SSSR count). The van der Waals surface area contributed by atoms with Gasteiger partial charge in [0.25, 0.3) is 5.56 Å². The zero-order chi connectivity index (χ0) is 18.7. The van der Waals surface area contributed by atoms with E-state index in [-0.39, 0.29) is 17.2 Å². The predicted octanol–water partition coefficient (Wildman–Crippen LogP) is 2.22. The van der Waals surface area contributed by atoms with Crippen LogP contribution in [0.25, 0.3) is 10.9 Å². The number of fused-ring (bicyclic) bond motifs is 1. The molecule has 1 aromatic carbocycles. The van der Waals surface area contributed by atoms with Crippen molar-refractivity contribution in [2.24, 2.45) is 0 Å². The van der Waals surface area contributed by atoms with Crippen LogP contribution in [-0.2, 0) is 22.6 Å². The Morgan fingerprint density at radius 1 is 1.35 bits per heavy atom. The highest BCUT2D eigenvalue weighted by Crippen LogP contribution is 2.12. The number of rotatable bonds is 5. The molecule has 0 fully saturated rings. The van der Waals surface area contributed by atoms with E-state index in [9.17, 15) is 14.4 Å². The molecular weight excluding hydrogens is 374 g/mol. The molecular formula is C17H15N3O4S2. The molecule has 1 amide bonds. The van der Waals surface area contributed by atoms with Crippen molar-refractivity contribution in [3.8, 4) is 0 Å². The minimum atomic E-state index is -0.511. The molecule has 26 heavy (non-hydrogen) atoms. The first kappa shape index (κ1) is 18.0. The maximum absolute atomic E-state index is 12.7. The molecule has 0 saturated carbocycles. The fourth-order valence-corrected chi connectivity index (χ4v) is 3.34. The molecule has 0 aliphatic heterocycles. The van der Waals surface area contributed by atoms with Gasteiger partial charge >= 0.3 is 5.97 Å². The maximum Gasteiger partial charge on any atom is 0.337 e. The fourth-order valence-electron chi connectivity index (χ4n) is 2.44. The predicted molar refractivity (Wildman–Crippen MR) is 101 cm³/mol. The first-order valence-electron chi connectivity index (χ1n) is 7.64. The molecule has 0 radical (unpaired) electrons. The van der Waals surface area contributed by atoms with Crippen molar-refractivity contribution in [2.45, 2.75) is 13.1 Å². The van der Waals surface area contributed by atoms with Gasteiger partial charge in [-0.15, -0.1) is 11.3 Å². The second kappa shape index (κ2) is 7.63. The fraction of sp³-hybridized carbons (Fsp3) is 0.176. The number of aromatic amines is 1. The zero-order valence-electron chi connectivity index (χ0n) is 13.8. The van der Waals surface area contributed by atoms with Crippen LogP contribution in [0.1, 0.15) is 15.2 Å². The van der Waals surface area contributed by atoms with Gasteiger partial charge in [-0.3, -0.25) is 14.2 Å². The van der Waals surface area contributed by atoms with Gasteiger partial charge in [-0.1, -0.05) is 6.07 Å². The van der Waals surface area contributed by atoms with E-state index < -0.39 is 11.5 Å². The monoisotopic (exact) mass is 389 g/mol. The van der Waals surface area contributed by atoms with E-state index in [4.69, 9.17) is 12.2 Å². The van der Waals surface area contributed by atoms with Crippen LogP contribution in [0.4, 0.5) is 0 Å². The highest BCUT2D eigenvalue weighted by molar-refractivity contribution is 7.71. The average molecular weight is 389 g/mol. The Hall–Kier alpha value is -2.78. The minimum absolute atomic E-state index is 0.107. The van der Waals surface area contributed by atoms with E-state index in [0.717, 1.165) is 4.88 Å². The van der Waals surface area contributed by atoms with E-state index in [0.29, 0.717) is 23.0 Å². The van der Waals surface area contributed by atoms with E-state index in [1.165, 1.54) is 41.2 Å². The Labute approximate surface area is 157 Å². The van der Waals surface area contributed by atoms with E-state index in [1.54, 1.807) is 0 Å². The summed E-state index contributed by atoms with van der Waals surface area (Å²) in [4.78, 5) is 40.3. The topological polar surface area (TPSA) is 93.2 Å². The molecule has 0 bridgehead atoms. The quantitative estimate of drug-likeness (QED) is 0.516. The summed E-state index contributed by atoms with van der Waals surface area (Å²) in [5.41, 5.74) is 0.320. The van der Waals surface area contributed by atoms with Gasteiger partial charge in [0.1, 0.15) is 6.54 Å². The number of ether oxygens (including phenoxy) is 1. The molecule has 7 nitrogen and oxygen atoms in total. The SMILES string of the molecule is COC(=O)c1ccc2c(=O)n(CC(=O)NCc3cccs3)c(=S)[nH]c2c1. The summed E-state index contributed by atoms with van der Waals surface area (Å²) in [6.07, 6.45) is 0. The summed E-state index contributed by atoms with van der Waals surface area (Å²) in [5, 5.41) is 5.01. The molecule has 2 heterocycles. The summed E-state index contributed by atoms with van der Waals surface area (Å²) in [6, 6.07) is 8.32. The number of amides is 1. The van der Waals surface area contributed by atoms with Crippen molar-refractivity contribution in [1.29, 1.82) is 0 Å². The van der Waals surface area contributed by atoms with Crippen molar-refractivity contribution in [3.05, 3.63) is 61.3 Å². The largest absolute Gasteiger partial charge is 0.465 e. The number of thiophene rings is 1. The highest BCUT2D eigenvalue weighted by Gasteiger charge is 2.12. The van der Waals surface area contributed by atoms with E-state index >= 15 is 0 Å². The number of esters is 1. The Balaban J connectivity index is 1.87. The first-order chi connectivity index (χ1) is 12.5. The third-order valence-electron chi connectivity index (χ3n) is 3.74. The molecule has 0 spiro atoms. The lowest BCUT2D eigenvalue weighted by atomic mass is 10.1. The summed E-state index contributed by atoms with van der Waals surface area (Å²) >= 11 is 6.74. The van der Waals surface area contributed by atoms with Crippen LogP contribution >= 0.6 is 23.6 Å². The molecule has 0 aliphatic rings. The van der Waals surface area contributed by atoms with Gasteiger partial charge in [-0.05, 0) is 41.9 Å². The van der Waals surface area contributed by atoms with Gasteiger partial charge in [0, 0.05) is 4.88 Å². The van der Waals surface area contributed by atoms with E-state index in [1.807, 2.05) is 17.5 Å². The zero-order valence-corrected chi connectivity index (χ0v) is 15.4. The molecule has 0 unspecified atom stereocenters. The summed E-state index contributed by atoms with van der Waals surface area (Å²) in [6.45, 7) is 0.214. The van der Waals surface area contributed by atoms with Crippen LogP contribution in [0.2, 0.25) is 0 Å². The number of benzene rings is 1. The molecule has 0 saturated heterocycles. The highest BCUT2D eigenvalue weighted by atomic mass is 32.1. The first-order valence-corrected chi connectivity index (χ1v) is 8.92. The molecule has 0 atom stereocenters. The van der Waals surface area contributed by atoms with Gasteiger partial charge in [0.05, 0.1) is 30.1 Å². The lowest BCUT2D eigenvalue weighted by molar-refractivity contribution is -0.121. The number of carbonyl (C=O) groups excluding carboxylic acids is 2. The number of aromatic nitrogens is 2. The van der Waals surface area contributed by atoms with Gasteiger partial charge in [-0.2, -0.15) is 0 Å². The molecule has 3 aromatic rings. The van der Waals surface area contributed by atoms with Crippen molar-refractivity contribution in [1.82, 2.24) is 14.9 Å². The normalized spacial score (nSPS) is 10.7. The number of nitrogens with one attached hydrogen (secondary N) is 2. The van der Waals surface area contributed by atoms with Crippen LogP contribution in [0.5, 0.6) is 0 Å². The van der Waals surface area contributed by atoms with Crippen molar-refractivity contribution in [2.75, 3.05) is 7.11 Å². The standard InChI is InChI=1S/C17H15N3O4S2/c1-24-16(23)10-4-5-12-13(7-10)19-17(25)20(15(12)22)9-14(21)18-8-11-3-2-6-26-11/h2-7H,8-9H2,1H3,(H,18,21)(H,19,25). The second-order valence-electron chi connectivity index (χ2n) is 5.43. The van der Waals surface area contributed by atoms with Crippen LogP contribution in [0.15, 0.2) is 40.5 Å². The Bertz CT molecular complexity index is 1080. The minimum Gasteiger partial charge on any atom is -0.465 e. The molecule has 2 N–H and O–H groups in total. The smallest absolute Gasteiger partial charge is 0.337 e. The lowest BCUT2D eigenvalue weighted by Gasteiger charge is -2.09. The van der Waals surface area contributed by atoms with Crippen LogP contribution in [-0.4, -0.2) is 28.5 Å². The number of H-pyrrole nitrogens is 1. The van der Waals surface area contributed by atoms with Gasteiger partial charge in [0.15, 0.2) is 4.77 Å². The molecule has 2 aromatic heterocycles. The number of hydrogen-bond acceptors (Lipinski definition) is 6. The van der Waals surface area contributed by atoms with E-state index in [2.05, 4.69) is 15.0 Å².